The number of ether oxygens (including phenoxy) is 1. The summed E-state index contributed by atoms with van der Waals surface area (Å²) >= 11 is 0. The van der Waals surface area contributed by atoms with Gasteiger partial charge in [-0.2, -0.15) is 0 Å². The molecule has 1 aliphatic heterocycles. The second kappa shape index (κ2) is 11.5. The summed E-state index contributed by atoms with van der Waals surface area (Å²) in [6.07, 6.45) is 4.67. The Bertz CT molecular complexity index is 1150. The molecule has 2 heterocycles. The number of carboxylic acid groups (broad SMARTS) is 1. The van der Waals surface area contributed by atoms with Crippen molar-refractivity contribution in [2.45, 2.75) is 37.9 Å². The van der Waals surface area contributed by atoms with E-state index in [1.165, 1.54) is 5.56 Å². The van der Waals surface area contributed by atoms with Crippen molar-refractivity contribution < 1.29 is 19.0 Å². The Hall–Kier alpha value is -3.25. The van der Waals surface area contributed by atoms with Gasteiger partial charge < -0.3 is 9.84 Å². The molecule has 0 spiro atoms. The van der Waals surface area contributed by atoms with Crippen LogP contribution in [0.2, 0.25) is 0 Å². The number of benzene rings is 2. The average Bonchev–Trinajstić information content (AvgIpc) is 2.90. The van der Waals surface area contributed by atoms with Crippen molar-refractivity contribution in [3.8, 4) is 5.75 Å². The molecular weight excluding hydrogens is 443 g/mol. The van der Waals surface area contributed by atoms with Gasteiger partial charge in [-0.3, -0.25) is 14.7 Å². The standard InChI is InChI=1S/C29H33FN2O3/c1-3-22(17-20-7-5-4-6-8-20)32-16-14-21(26(19-32)29(33)34)9-11-27(30)24-13-15-31-28-12-10-23(35-2)18-25(24)28/h3-8,10,12-13,15,18,21-22,26-27H,1,9,11,14,16-17,19H2,2H3,(H,33,34)/t21-,22-,26+,27-/m1/s1. The fraction of sp³-hybridized carbons (Fsp3) is 0.379. The van der Waals surface area contributed by atoms with E-state index < -0.39 is 18.1 Å². The number of hydrogen-bond donors (Lipinski definition) is 1. The molecule has 4 rings (SSSR count). The number of halogens is 1. The number of aliphatic carboxylic acids is 1. The molecule has 4 atom stereocenters. The summed E-state index contributed by atoms with van der Waals surface area (Å²) in [6, 6.07) is 17.4. The molecule has 1 fully saturated rings. The highest BCUT2D eigenvalue weighted by molar-refractivity contribution is 5.83. The molecule has 5 nitrogen and oxygen atoms in total. The van der Waals surface area contributed by atoms with Crippen molar-refractivity contribution >= 4 is 16.9 Å². The summed E-state index contributed by atoms with van der Waals surface area (Å²) in [5.74, 6) is -0.739. The van der Waals surface area contributed by atoms with Gasteiger partial charge in [0.2, 0.25) is 0 Å². The maximum atomic E-state index is 15.4. The summed E-state index contributed by atoms with van der Waals surface area (Å²) in [5, 5.41) is 10.7. The number of pyridine rings is 1. The zero-order valence-electron chi connectivity index (χ0n) is 20.1. The van der Waals surface area contributed by atoms with Crippen LogP contribution in [-0.2, 0) is 11.2 Å². The van der Waals surface area contributed by atoms with Crippen LogP contribution in [0.4, 0.5) is 4.39 Å². The van der Waals surface area contributed by atoms with Crippen molar-refractivity contribution in [3.05, 3.63) is 84.6 Å². The van der Waals surface area contributed by atoms with Gasteiger partial charge in [-0.25, -0.2) is 4.39 Å². The highest BCUT2D eigenvalue weighted by atomic mass is 19.1. The molecule has 0 radical (unpaired) electrons. The first-order valence-corrected chi connectivity index (χ1v) is 12.2. The van der Waals surface area contributed by atoms with Crippen LogP contribution >= 0.6 is 0 Å². The van der Waals surface area contributed by atoms with Gasteiger partial charge in [0.15, 0.2) is 0 Å². The summed E-state index contributed by atoms with van der Waals surface area (Å²) < 4.78 is 20.7. The molecule has 0 amide bonds. The number of carbonyl (C=O) groups is 1. The van der Waals surface area contributed by atoms with E-state index in [9.17, 15) is 9.90 Å². The highest BCUT2D eigenvalue weighted by Crippen LogP contribution is 2.36. The van der Waals surface area contributed by atoms with Gasteiger partial charge in [-0.05, 0) is 73.5 Å². The van der Waals surface area contributed by atoms with Crippen molar-refractivity contribution in [3.63, 3.8) is 0 Å². The number of carboxylic acids is 1. The molecule has 1 aromatic heterocycles. The first-order valence-electron chi connectivity index (χ1n) is 12.2. The summed E-state index contributed by atoms with van der Waals surface area (Å²) in [7, 11) is 1.58. The minimum absolute atomic E-state index is 0.0631. The second-order valence-electron chi connectivity index (χ2n) is 9.31. The fourth-order valence-corrected chi connectivity index (χ4v) is 5.23. The molecule has 1 N–H and O–H groups in total. The van der Waals surface area contributed by atoms with E-state index >= 15 is 4.39 Å². The van der Waals surface area contributed by atoms with E-state index in [-0.39, 0.29) is 18.4 Å². The van der Waals surface area contributed by atoms with Crippen LogP contribution in [0.5, 0.6) is 5.75 Å². The first-order chi connectivity index (χ1) is 17.0. The Morgan fingerprint density at radius 1 is 1.29 bits per heavy atom. The Kier molecular flexibility index (Phi) is 8.13. The predicted octanol–water partition coefficient (Wildman–Crippen LogP) is 5.85. The van der Waals surface area contributed by atoms with Gasteiger partial charge in [0.25, 0.3) is 0 Å². The van der Waals surface area contributed by atoms with Crippen molar-refractivity contribution in [1.82, 2.24) is 9.88 Å². The quantitative estimate of drug-likeness (QED) is 0.372. The maximum Gasteiger partial charge on any atom is 0.308 e. The van der Waals surface area contributed by atoms with Crippen LogP contribution < -0.4 is 4.74 Å². The fourth-order valence-electron chi connectivity index (χ4n) is 5.23. The van der Waals surface area contributed by atoms with E-state index in [2.05, 4.69) is 28.6 Å². The number of methoxy groups -OCH3 is 1. The molecule has 1 saturated heterocycles. The van der Waals surface area contributed by atoms with E-state index in [4.69, 9.17) is 4.74 Å². The van der Waals surface area contributed by atoms with E-state index in [1.807, 2.05) is 42.5 Å². The van der Waals surface area contributed by atoms with E-state index in [1.54, 1.807) is 19.4 Å². The number of nitrogens with zero attached hydrogens (tertiary/aromatic N) is 2. The highest BCUT2D eigenvalue weighted by Gasteiger charge is 2.36. The third-order valence-corrected chi connectivity index (χ3v) is 7.24. The predicted molar refractivity (Wildman–Crippen MR) is 136 cm³/mol. The molecule has 0 bridgehead atoms. The number of rotatable bonds is 10. The number of piperidine rings is 1. The van der Waals surface area contributed by atoms with Gasteiger partial charge in [-0.1, -0.05) is 36.4 Å². The lowest BCUT2D eigenvalue weighted by Crippen LogP contribution is -2.48. The zero-order valence-corrected chi connectivity index (χ0v) is 20.1. The van der Waals surface area contributed by atoms with Gasteiger partial charge in [0, 0.05) is 24.2 Å². The van der Waals surface area contributed by atoms with Crippen molar-refractivity contribution in [2.24, 2.45) is 11.8 Å². The van der Waals surface area contributed by atoms with Crippen LogP contribution in [0, 0.1) is 11.8 Å². The molecule has 6 heteroatoms. The summed E-state index contributed by atoms with van der Waals surface area (Å²) in [4.78, 5) is 18.7. The number of aromatic nitrogens is 1. The minimum atomic E-state index is -1.20. The lowest BCUT2D eigenvalue weighted by Gasteiger charge is -2.40. The molecule has 2 aromatic carbocycles. The Balaban J connectivity index is 1.42. The van der Waals surface area contributed by atoms with Crippen LogP contribution in [0.15, 0.2) is 73.4 Å². The average molecular weight is 477 g/mol. The number of fused-ring (bicyclic) bond motifs is 1. The van der Waals surface area contributed by atoms with Crippen LogP contribution in [0.25, 0.3) is 10.9 Å². The summed E-state index contributed by atoms with van der Waals surface area (Å²) in [5.41, 5.74) is 2.50. The van der Waals surface area contributed by atoms with Crippen LogP contribution in [-0.4, -0.2) is 47.2 Å². The molecule has 184 valence electrons. The monoisotopic (exact) mass is 476 g/mol. The second-order valence-corrected chi connectivity index (χ2v) is 9.31. The third-order valence-electron chi connectivity index (χ3n) is 7.24. The molecule has 1 aliphatic rings. The molecule has 3 aromatic rings. The van der Waals surface area contributed by atoms with Crippen LogP contribution in [0.1, 0.15) is 36.6 Å². The normalized spacial score (nSPS) is 20.3. The lowest BCUT2D eigenvalue weighted by atomic mass is 9.80. The molecule has 0 aliphatic carbocycles. The van der Waals surface area contributed by atoms with Gasteiger partial charge >= 0.3 is 5.97 Å². The van der Waals surface area contributed by atoms with Crippen molar-refractivity contribution in [2.75, 3.05) is 20.2 Å². The Morgan fingerprint density at radius 3 is 2.80 bits per heavy atom. The largest absolute Gasteiger partial charge is 0.497 e. The van der Waals surface area contributed by atoms with Gasteiger partial charge in [0.05, 0.1) is 18.5 Å². The number of hydrogen-bond acceptors (Lipinski definition) is 4. The van der Waals surface area contributed by atoms with Crippen molar-refractivity contribution in [1.29, 1.82) is 0 Å². The summed E-state index contributed by atoms with van der Waals surface area (Å²) in [6.45, 7) is 5.24. The van der Waals surface area contributed by atoms with Gasteiger partial charge in [-0.15, -0.1) is 6.58 Å². The van der Waals surface area contributed by atoms with E-state index in [0.717, 1.165) is 30.3 Å². The third kappa shape index (κ3) is 5.88. The molecule has 0 saturated carbocycles. The SMILES string of the molecule is C=C[C@H](Cc1ccccc1)N1CC[C@@H](CC[C@@H](F)c2ccnc3ccc(OC)cc23)[C@@H](C(=O)O)C1. The molecule has 0 unspecified atom stereocenters. The minimum Gasteiger partial charge on any atom is -0.497 e. The molecule has 35 heavy (non-hydrogen) atoms. The maximum absolute atomic E-state index is 15.4. The zero-order chi connectivity index (χ0) is 24.8. The van der Waals surface area contributed by atoms with Crippen LogP contribution in [0.3, 0.4) is 0 Å². The molecular formula is C29H33FN2O3. The Labute approximate surface area is 206 Å². The van der Waals surface area contributed by atoms with E-state index in [0.29, 0.717) is 24.3 Å². The smallest absolute Gasteiger partial charge is 0.308 e. The van der Waals surface area contributed by atoms with Gasteiger partial charge in [0.1, 0.15) is 11.9 Å². The number of likely N-dealkylation sites (tertiary alicyclic amines) is 1. The lowest BCUT2D eigenvalue weighted by molar-refractivity contribution is -0.146. The first kappa shape index (κ1) is 24.9. The topological polar surface area (TPSA) is 62.7 Å². The number of alkyl halides is 1. The Morgan fingerprint density at radius 2 is 2.09 bits per heavy atom.